The van der Waals surface area contributed by atoms with Gasteiger partial charge >= 0.3 is 0 Å². The van der Waals surface area contributed by atoms with Crippen molar-refractivity contribution in [3.05, 3.63) is 101 Å². The quantitative estimate of drug-likeness (QED) is 0.391. The molecule has 0 radical (unpaired) electrons. The summed E-state index contributed by atoms with van der Waals surface area (Å²) in [5, 5.41) is 11.0. The average molecular weight is 460 g/mol. The molecule has 1 atom stereocenters. The maximum Gasteiger partial charge on any atom is 0.247 e. The van der Waals surface area contributed by atoms with E-state index in [0.29, 0.717) is 17.4 Å². The molecule has 0 fully saturated rings. The molecular weight excluding hydrogens is 434 g/mol. The van der Waals surface area contributed by atoms with E-state index in [1.54, 1.807) is 29.2 Å². The van der Waals surface area contributed by atoms with E-state index in [-0.39, 0.29) is 5.91 Å². The fourth-order valence-corrected chi connectivity index (χ4v) is 3.82. The van der Waals surface area contributed by atoms with Gasteiger partial charge in [-0.3, -0.25) is 9.48 Å². The summed E-state index contributed by atoms with van der Waals surface area (Å²) < 4.78 is 1.74. The van der Waals surface area contributed by atoms with E-state index in [0.717, 1.165) is 23.1 Å². The number of aromatic nitrogens is 3. The monoisotopic (exact) mass is 459 g/mol. The summed E-state index contributed by atoms with van der Waals surface area (Å²) in [7, 11) is 1.87. The maximum absolute atomic E-state index is 13.2. The van der Waals surface area contributed by atoms with Gasteiger partial charge in [-0.25, -0.2) is 4.98 Å². The molecule has 168 valence electrons. The molecule has 0 saturated carbocycles. The molecule has 0 saturated heterocycles. The van der Waals surface area contributed by atoms with Gasteiger partial charge in [0, 0.05) is 42.1 Å². The number of carbonyl (C=O) groups is 1. The lowest BCUT2D eigenvalue weighted by Crippen LogP contribution is -2.34. The first-order chi connectivity index (χ1) is 16.0. The lowest BCUT2D eigenvalue weighted by atomic mass is 10.0. The van der Waals surface area contributed by atoms with E-state index in [9.17, 15) is 4.79 Å². The third-order valence-corrected chi connectivity index (χ3v) is 5.76. The van der Waals surface area contributed by atoms with Gasteiger partial charge in [-0.05, 0) is 42.7 Å². The van der Waals surface area contributed by atoms with Crippen molar-refractivity contribution in [3.63, 3.8) is 0 Å². The molecule has 0 aliphatic heterocycles. The number of aryl methyl sites for hydroxylation is 2. The Balaban J connectivity index is 1.46. The summed E-state index contributed by atoms with van der Waals surface area (Å²) in [6.07, 6.45) is 6.22. The fraction of sp³-hybridized carbons (Fsp3) is 0.192. The van der Waals surface area contributed by atoms with Crippen LogP contribution in [0, 0.1) is 6.92 Å². The number of pyridine rings is 1. The highest BCUT2D eigenvalue weighted by Gasteiger charge is 2.22. The largest absolute Gasteiger partial charge is 0.309 e. The Kier molecular flexibility index (Phi) is 7.17. The van der Waals surface area contributed by atoms with Crippen molar-refractivity contribution in [3.8, 4) is 11.1 Å². The summed E-state index contributed by atoms with van der Waals surface area (Å²) in [6, 6.07) is 18.9. The van der Waals surface area contributed by atoms with Gasteiger partial charge in [-0.1, -0.05) is 59.6 Å². The zero-order valence-corrected chi connectivity index (χ0v) is 19.4. The van der Waals surface area contributed by atoms with Crippen LogP contribution in [-0.2, 0) is 18.3 Å². The topological polar surface area (TPSA) is 71.8 Å². The highest BCUT2D eigenvalue weighted by atomic mass is 35.5. The summed E-state index contributed by atoms with van der Waals surface area (Å²) >= 11 is 6.43. The van der Waals surface area contributed by atoms with Crippen LogP contribution in [0.5, 0.6) is 0 Å². The molecule has 2 heterocycles. The van der Waals surface area contributed by atoms with Gasteiger partial charge in [0.05, 0.1) is 6.20 Å². The molecule has 2 aromatic heterocycles. The summed E-state index contributed by atoms with van der Waals surface area (Å²) in [4.78, 5) is 17.6. The minimum Gasteiger partial charge on any atom is -0.309 e. The Morgan fingerprint density at radius 2 is 1.82 bits per heavy atom. The van der Waals surface area contributed by atoms with Crippen molar-refractivity contribution in [2.24, 2.45) is 7.05 Å². The Bertz CT molecular complexity index is 1220. The maximum atomic E-state index is 13.2. The van der Waals surface area contributed by atoms with Crippen molar-refractivity contribution in [2.45, 2.75) is 19.4 Å². The van der Waals surface area contributed by atoms with E-state index >= 15 is 0 Å². The normalized spacial score (nSPS) is 11.8. The zero-order valence-electron chi connectivity index (χ0n) is 18.6. The number of halogens is 1. The minimum absolute atomic E-state index is 0.214. The number of hydrogen-bond donors (Lipinski definition) is 2. The molecule has 2 aromatic carbocycles. The summed E-state index contributed by atoms with van der Waals surface area (Å²) in [6.45, 7) is 2.69. The van der Waals surface area contributed by atoms with Gasteiger partial charge in [-0.15, -0.1) is 0 Å². The molecule has 4 rings (SSSR count). The lowest BCUT2D eigenvalue weighted by molar-refractivity contribution is -0.118. The number of nitrogens with zero attached hydrogens (tertiary/aromatic N) is 3. The van der Waals surface area contributed by atoms with Crippen molar-refractivity contribution < 1.29 is 4.79 Å². The fourth-order valence-electron chi connectivity index (χ4n) is 3.58. The molecule has 7 heteroatoms. The number of anilines is 1. The standard InChI is InChI=1S/C26H26ClN5O/c1-18-7-9-19(10-8-18)13-14-28-25(22-5-3-4-6-23(22)27)26(33)31-24-12-11-20(15-29-24)21-16-30-32(2)17-21/h3-12,15-17,25,28H,13-14H2,1-2H3,(H,29,31,33)/t25-/m1/s1. The molecule has 0 bridgehead atoms. The first-order valence-corrected chi connectivity index (χ1v) is 11.2. The van der Waals surface area contributed by atoms with E-state index in [2.05, 4.69) is 51.9 Å². The second kappa shape index (κ2) is 10.4. The number of nitrogens with one attached hydrogen (secondary N) is 2. The predicted octanol–water partition coefficient (Wildman–Crippen LogP) is 4.96. The Labute approximate surface area is 198 Å². The molecular formula is C26H26ClN5O. The average Bonchev–Trinajstić information content (AvgIpc) is 3.25. The van der Waals surface area contributed by atoms with Gasteiger partial charge in [0.15, 0.2) is 0 Å². The minimum atomic E-state index is -0.607. The van der Waals surface area contributed by atoms with E-state index < -0.39 is 6.04 Å². The van der Waals surface area contributed by atoms with Crippen LogP contribution < -0.4 is 10.6 Å². The van der Waals surface area contributed by atoms with Gasteiger partial charge in [-0.2, -0.15) is 5.10 Å². The smallest absolute Gasteiger partial charge is 0.247 e. The van der Waals surface area contributed by atoms with Crippen LogP contribution in [0.2, 0.25) is 5.02 Å². The van der Waals surface area contributed by atoms with Crippen molar-refractivity contribution >= 4 is 23.3 Å². The van der Waals surface area contributed by atoms with Crippen molar-refractivity contribution in [2.75, 3.05) is 11.9 Å². The van der Waals surface area contributed by atoms with Gasteiger partial charge in [0.25, 0.3) is 0 Å². The van der Waals surface area contributed by atoms with E-state index in [4.69, 9.17) is 11.6 Å². The molecule has 1 amide bonds. The first-order valence-electron chi connectivity index (χ1n) is 10.8. The SMILES string of the molecule is Cc1ccc(CCN[C@@H](C(=O)Nc2ccc(-c3cnn(C)c3)cn2)c2ccccc2Cl)cc1. The Morgan fingerprint density at radius 3 is 2.48 bits per heavy atom. The molecule has 4 aromatic rings. The molecule has 2 N–H and O–H groups in total. The summed E-state index contributed by atoms with van der Waals surface area (Å²) in [5.41, 5.74) is 5.06. The molecule has 0 aliphatic rings. The molecule has 6 nitrogen and oxygen atoms in total. The molecule has 0 unspecified atom stereocenters. The number of hydrogen-bond acceptors (Lipinski definition) is 4. The van der Waals surface area contributed by atoms with Gasteiger partial charge in [0.1, 0.15) is 11.9 Å². The Hall–Kier alpha value is -3.48. The second-order valence-electron chi connectivity index (χ2n) is 7.97. The second-order valence-corrected chi connectivity index (χ2v) is 8.38. The van der Waals surface area contributed by atoms with Gasteiger partial charge in [0.2, 0.25) is 5.91 Å². The number of carbonyl (C=O) groups excluding carboxylic acids is 1. The third kappa shape index (κ3) is 5.86. The summed E-state index contributed by atoms with van der Waals surface area (Å²) in [5.74, 6) is 0.263. The zero-order chi connectivity index (χ0) is 23.2. The van der Waals surface area contributed by atoms with E-state index in [1.807, 2.05) is 37.5 Å². The molecule has 0 aliphatic carbocycles. The Morgan fingerprint density at radius 1 is 1.03 bits per heavy atom. The number of amides is 1. The highest BCUT2D eigenvalue weighted by molar-refractivity contribution is 6.31. The van der Waals surface area contributed by atoms with E-state index in [1.165, 1.54) is 11.1 Å². The predicted molar refractivity (Wildman–Crippen MR) is 132 cm³/mol. The lowest BCUT2D eigenvalue weighted by Gasteiger charge is -2.20. The first kappa shape index (κ1) is 22.7. The third-order valence-electron chi connectivity index (χ3n) is 5.41. The number of benzene rings is 2. The number of rotatable bonds is 8. The van der Waals surface area contributed by atoms with Gasteiger partial charge < -0.3 is 10.6 Å². The molecule has 0 spiro atoms. The van der Waals surface area contributed by atoms with Crippen LogP contribution in [0.3, 0.4) is 0 Å². The molecule has 33 heavy (non-hydrogen) atoms. The van der Waals surface area contributed by atoms with Crippen molar-refractivity contribution in [1.82, 2.24) is 20.1 Å². The van der Waals surface area contributed by atoms with Crippen LogP contribution in [0.4, 0.5) is 5.82 Å². The van der Waals surface area contributed by atoms with Crippen LogP contribution in [0.15, 0.2) is 79.3 Å². The van der Waals surface area contributed by atoms with Crippen LogP contribution in [0.25, 0.3) is 11.1 Å². The highest BCUT2D eigenvalue weighted by Crippen LogP contribution is 2.25. The van der Waals surface area contributed by atoms with Crippen LogP contribution in [0.1, 0.15) is 22.7 Å². The van der Waals surface area contributed by atoms with Crippen molar-refractivity contribution in [1.29, 1.82) is 0 Å². The van der Waals surface area contributed by atoms with Crippen LogP contribution in [-0.4, -0.2) is 27.2 Å². The van der Waals surface area contributed by atoms with Crippen LogP contribution >= 0.6 is 11.6 Å².